The predicted octanol–water partition coefficient (Wildman–Crippen LogP) is 2.48. The second kappa shape index (κ2) is 3.91. The molecule has 1 saturated heterocycles. The zero-order chi connectivity index (χ0) is 10.9. The van der Waals surface area contributed by atoms with Crippen LogP contribution in [0.3, 0.4) is 0 Å². The highest BCUT2D eigenvalue weighted by Crippen LogP contribution is 2.33. The van der Waals surface area contributed by atoms with Crippen molar-refractivity contribution in [2.45, 2.75) is 25.0 Å². The van der Waals surface area contributed by atoms with E-state index in [9.17, 15) is 4.39 Å². The van der Waals surface area contributed by atoms with Crippen LogP contribution < -0.4 is 0 Å². The maximum absolute atomic E-state index is 12.8. The van der Waals surface area contributed by atoms with Gasteiger partial charge < -0.3 is 9.47 Å². The van der Waals surface area contributed by atoms with Crippen LogP contribution in [0, 0.1) is 5.82 Å². The molecule has 2 atom stereocenters. The Morgan fingerprint density at radius 1 is 1.47 bits per heavy atom. The van der Waals surface area contributed by atoms with E-state index in [0.29, 0.717) is 6.10 Å². The normalized spacial score (nSPS) is 23.5. The lowest BCUT2D eigenvalue weighted by Gasteiger charge is -2.28. The minimum Gasteiger partial charge on any atom is -0.374 e. The lowest BCUT2D eigenvalue weighted by atomic mass is 9.91. The van der Waals surface area contributed by atoms with Crippen LogP contribution in [0.4, 0.5) is 4.39 Å². The fourth-order valence-electron chi connectivity index (χ4n) is 1.74. The molecule has 0 amide bonds. The number of epoxide rings is 1. The molecule has 1 aromatic carbocycles. The third-order valence-corrected chi connectivity index (χ3v) is 2.92. The first-order valence-corrected chi connectivity index (χ1v) is 5.07. The standard InChI is InChI=1S/C12H15FO2/c1-12(14-2,7-11-8-15-11)9-3-5-10(13)6-4-9/h3-6,11H,7-8H2,1-2H3. The predicted molar refractivity (Wildman–Crippen MR) is 55.1 cm³/mol. The van der Waals surface area contributed by atoms with Gasteiger partial charge in [-0.05, 0) is 24.6 Å². The zero-order valence-electron chi connectivity index (χ0n) is 9.00. The van der Waals surface area contributed by atoms with Crippen molar-refractivity contribution in [1.82, 2.24) is 0 Å². The summed E-state index contributed by atoms with van der Waals surface area (Å²) in [5.74, 6) is -0.222. The Balaban J connectivity index is 2.19. The van der Waals surface area contributed by atoms with Crippen molar-refractivity contribution in [2.75, 3.05) is 13.7 Å². The molecule has 2 nitrogen and oxygen atoms in total. The highest BCUT2D eigenvalue weighted by atomic mass is 19.1. The minimum atomic E-state index is -0.380. The first-order chi connectivity index (χ1) is 7.14. The van der Waals surface area contributed by atoms with Gasteiger partial charge in [-0.25, -0.2) is 4.39 Å². The van der Waals surface area contributed by atoms with Crippen molar-refractivity contribution >= 4 is 0 Å². The number of halogens is 1. The lowest BCUT2D eigenvalue weighted by molar-refractivity contribution is -0.0111. The Morgan fingerprint density at radius 3 is 2.53 bits per heavy atom. The molecule has 1 aromatic rings. The van der Waals surface area contributed by atoms with Crippen LogP contribution in [0.25, 0.3) is 0 Å². The van der Waals surface area contributed by atoms with Gasteiger partial charge in [0.15, 0.2) is 0 Å². The molecular weight excluding hydrogens is 195 g/mol. The highest BCUT2D eigenvalue weighted by molar-refractivity contribution is 5.23. The Morgan fingerprint density at radius 2 is 2.07 bits per heavy atom. The lowest BCUT2D eigenvalue weighted by Crippen LogP contribution is -2.26. The average Bonchev–Trinajstić information content (AvgIpc) is 3.02. The van der Waals surface area contributed by atoms with Crippen LogP contribution in [0.15, 0.2) is 24.3 Å². The number of methoxy groups -OCH3 is 1. The summed E-state index contributed by atoms with van der Waals surface area (Å²) in [4.78, 5) is 0. The summed E-state index contributed by atoms with van der Waals surface area (Å²) < 4.78 is 23.5. The van der Waals surface area contributed by atoms with Crippen molar-refractivity contribution in [3.8, 4) is 0 Å². The maximum Gasteiger partial charge on any atom is 0.123 e. The Kier molecular flexibility index (Phi) is 2.76. The van der Waals surface area contributed by atoms with Gasteiger partial charge in [0, 0.05) is 13.5 Å². The van der Waals surface area contributed by atoms with Crippen LogP contribution in [0.2, 0.25) is 0 Å². The van der Waals surface area contributed by atoms with Gasteiger partial charge in [0.2, 0.25) is 0 Å². The van der Waals surface area contributed by atoms with Gasteiger partial charge in [0.1, 0.15) is 5.82 Å². The largest absolute Gasteiger partial charge is 0.374 e. The topological polar surface area (TPSA) is 21.8 Å². The molecule has 82 valence electrons. The van der Waals surface area contributed by atoms with E-state index >= 15 is 0 Å². The van der Waals surface area contributed by atoms with Crippen LogP contribution in [-0.4, -0.2) is 19.8 Å². The second-order valence-electron chi connectivity index (χ2n) is 4.10. The molecule has 0 N–H and O–H groups in total. The van der Waals surface area contributed by atoms with Crippen LogP contribution >= 0.6 is 0 Å². The quantitative estimate of drug-likeness (QED) is 0.712. The monoisotopic (exact) mass is 210 g/mol. The molecule has 0 aliphatic carbocycles. The van der Waals surface area contributed by atoms with Crippen molar-refractivity contribution in [3.05, 3.63) is 35.6 Å². The molecule has 0 radical (unpaired) electrons. The van der Waals surface area contributed by atoms with Gasteiger partial charge in [0.05, 0.1) is 18.3 Å². The molecule has 0 spiro atoms. The zero-order valence-corrected chi connectivity index (χ0v) is 9.00. The van der Waals surface area contributed by atoms with E-state index in [1.54, 1.807) is 19.2 Å². The van der Waals surface area contributed by atoms with Gasteiger partial charge in [-0.2, -0.15) is 0 Å². The fraction of sp³-hybridized carbons (Fsp3) is 0.500. The molecule has 1 fully saturated rings. The van der Waals surface area contributed by atoms with E-state index in [2.05, 4.69) is 0 Å². The van der Waals surface area contributed by atoms with E-state index in [4.69, 9.17) is 9.47 Å². The van der Waals surface area contributed by atoms with E-state index in [-0.39, 0.29) is 11.4 Å². The summed E-state index contributed by atoms with van der Waals surface area (Å²) in [5, 5.41) is 0. The SMILES string of the molecule is COC(C)(CC1CO1)c1ccc(F)cc1. The highest BCUT2D eigenvalue weighted by Gasteiger charge is 2.35. The molecule has 15 heavy (non-hydrogen) atoms. The second-order valence-corrected chi connectivity index (χ2v) is 4.10. The Hall–Kier alpha value is -0.930. The summed E-state index contributed by atoms with van der Waals surface area (Å²) in [6.45, 7) is 2.81. The molecule has 0 bridgehead atoms. The summed E-state index contributed by atoms with van der Waals surface area (Å²) in [6, 6.07) is 6.45. The smallest absolute Gasteiger partial charge is 0.123 e. The maximum atomic E-state index is 12.8. The van der Waals surface area contributed by atoms with Gasteiger partial charge >= 0.3 is 0 Å². The van der Waals surface area contributed by atoms with Crippen molar-refractivity contribution < 1.29 is 13.9 Å². The molecular formula is C12H15FO2. The third kappa shape index (κ3) is 2.36. The number of hydrogen-bond donors (Lipinski definition) is 0. The summed E-state index contributed by atoms with van der Waals surface area (Å²) in [5.41, 5.74) is 0.608. The molecule has 1 heterocycles. The van der Waals surface area contributed by atoms with E-state index in [0.717, 1.165) is 18.6 Å². The first kappa shape index (κ1) is 10.6. The van der Waals surface area contributed by atoms with Crippen LogP contribution in [0.5, 0.6) is 0 Å². The average molecular weight is 210 g/mol. The first-order valence-electron chi connectivity index (χ1n) is 5.07. The molecule has 1 aliphatic rings. The molecule has 2 unspecified atom stereocenters. The third-order valence-electron chi connectivity index (χ3n) is 2.92. The van der Waals surface area contributed by atoms with Crippen LogP contribution in [0.1, 0.15) is 18.9 Å². The number of hydrogen-bond acceptors (Lipinski definition) is 2. The minimum absolute atomic E-state index is 0.222. The fourth-order valence-corrected chi connectivity index (χ4v) is 1.74. The van der Waals surface area contributed by atoms with E-state index in [1.165, 1.54) is 12.1 Å². The molecule has 2 rings (SSSR count). The van der Waals surface area contributed by atoms with Gasteiger partial charge in [-0.15, -0.1) is 0 Å². The molecule has 0 aromatic heterocycles. The number of benzene rings is 1. The van der Waals surface area contributed by atoms with Gasteiger partial charge in [-0.3, -0.25) is 0 Å². The summed E-state index contributed by atoms with van der Waals surface area (Å²) >= 11 is 0. The molecule has 3 heteroatoms. The van der Waals surface area contributed by atoms with E-state index in [1.807, 2.05) is 6.92 Å². The van der Waals surface area contributed by atoms with Gasteiger partial charge in [-0.1, -0.05) is 12.1 Å². The van der Waals surface area contributed by atoms with Gasteiger partial charge in [0.25, 0.3) is 0 Å². The molecule has 1 aliphatic heterocycles. The van der Waals surface area contributed by atoms with Crippen molar-refractivity contribution in [1.29, 1.82) is 0 Å². The molecule has 0 saturated carbocycles. The van der Waals surface area contributed by atoms with Crippen LogP contribution in [-0.2, 0) is 15.1 Å². The summed E-state index contributed by atoms with van der Waals surface area (Å²) in [6.07, 6.45) is 1.11. The number of ether oxygens (including phenoxy) is 2. The van der Waals surface area contributed by atoms with E-state index < -0.39 is 0 Å². The number of rotatable bonds is 4. The van der Waals surface area contributed by atoms with Crippen molar-refractivity contribution in [2.24, 2.45) is 0 Å². The Bertz CT molecular complexity index is 332. The Labute approximate surface area is 89.0 Å². The van der Waals surface area contributed by atoms with Crippen molar-refractivity contribution in [3.63, 3.8) is 0 Å². The summed E-state index contributed by atoms with van der Waals surface area (Å²) in [7, 11) is 1.67.